The van der Waals surface area contributed by atoms with Crippen molar-refractivity contribution in [1.82, 2.24) is 4.57 Å². The van der Waals surface area contributed by atoms with Gasteiger partial charge in [-0.3, -0.25) is 9.59 Å². The fraction of sp³-hybridized carbons (Fsp3) is 0.409. The fourth-order valence-corrected chi connectivity index (χ4v) is 3.58. The lowest BCUT2D eigenvalue weighted by atomic mass is 10.1. The minimum Gasteiger partial charge on any atom is -0.454 e. The monoisotopic (exact) mass is 398 g/mol. The number of nitrogens with one attached hydrogen (secondary N) is 1. The molecule has 2 heterocycles. The average molecular weight is 398 g/mol. The summed E-state index contributed by atoms with van der Waals surface area (Å²) in [5, 5.41) is 2.61. The van der Waals surface area contributed by atoms with Crippen molar-refractivity contribution in [2.75, 3.05) is 18.5 Å². The molecule has 1 fully saturated rings. The number of hydrogen-bond donors (Lipinski definition) is 1. The first-order chi connectivity index (χ1) is 13.8. The van der Waals surface area contributed by atoms with Crippen LogP contribution in [0.2, 0.25) is 0 Å². The number of Topliss-reactive ketones (excluding diaryl/α,β-unsaturated/α-hetero) is 1. The molecule has 1 aliphatic heterocycles. The predicted octanol–water partition coefficient (Wildman–Crippen LogP) is 3.28. The maximum absolute atomic E-state index is 12.6. The van der Waals surface area contributed by atoms with E-state index in [0.717, 1.165) is 37.4 Å². The highest BCUT2D eigenvalue weighted by atomic mass is 16.5. The first kappa shape index (κ1) is 20.8. The van der Waals surface area contributed by atoms with E-state index in [0.29, 0.717) is 11.3 Å². The third kappa shape index (κ3) is 5.12. The molecule has 0 saturated carbocycles. The largest absolute Gasteiger partial charge is 0.454 e. The van der Waals surface area contributed by atoms with Gasteiger partial charge in [0.05, 0.1) is 11.7 Å². The second-order valence-corrected chi connectivity index (χ2v) is 7.29. The molecule has 7 heteroatoms. The van der Waals surface area contributed by atoms with Gasteiger partial charge < -0.3 is 19.4 Å². The molecule has 3 rings (SSSR count). The summed E-state index contributed by atoms with van der Waals surface area (Å²) in [5.74, 6) is -1.09. The Bertz CT molecular complexity index is 925. The van der Waals surface area contributed by atoms with Crippen LogP contribution in [0.3, 0.4) is 0 Å². The number of amides is 1. The first-order valence-electron chi connectivity index (χ1n) is 9.71. The Hall–Kier alpha value is -2.93. The number of anilines is 1. The summed E-state index contributed by atoms with van der Waals surface area (Å²) >= 11 is 0. The number of aryl methyl sites for hydroxylation is 1. The quantitative estimate of drug-likeness (QED) is 0.571. The SMILES string of the molecule is CC(=O)Nc1cccc(C(=O)OCC(=O)c2cc(C)n(C[C@H]3CCCO3)c2C)c1. The summed E-state index contributed by atoms with van der Waals surface area (Å²) in [6.45, 7) is 6.41. The molecule has 1 aromatic heterocycles. The highest BCUT2D eigenvalue weighted by Gasteiger charge is 2.22. The van der Waals surface area contributed by atoms with Gasteiger partial charge in [0.2, 0.25) is 11.7 Å². The summed E-state index contributed by atoms with van der Waals surface area (Å²) in [6.07, 6.45) is 2.26. The van der Waals surface area contributed by atoms with Crippen LogP contribution in [0.25, 0.3) is 0 Å². The Balaban J connectivity index is 1.63. The normalized spacial score (nSPS) is 15.9. The highest BCUT2D eigenvalue weighted by molar-refractivity contribution is 6.00. The number of carbonyl (C=O) groups is 3. The average Bonchev–Trinajstić information content (AvgIpc) is 3.29. The van der Waals surface area contributed by atoms with Crippen molar-refractivity contribution in [2.24, 2.45) is 0 Å². The van der Waals surface area contributed by atoms with Crippen molar-refractivity contribution in [3.05, 3.63) is 52.8 Å². The third-order valence-electron chi connectivity index (χ3n) is 5.04. The molecule has 1 aliphatic rings. The van der Waals surface area contributed by atoms with Crippen molar-refractivity contribution in [2.45, 2.75) is 46.3 Å². The van der Waals surface area contributed by atoms with Gasteiger partial charge in [-0.15, -0.1) is 0 Å². The minimum atomic E-state index is -0.612. The van der Waals surface area contributed by atoms with Crippen molar-refractivity contribution >= 4 is 23.3 Å². The second-order valence-electron chi connectivity index (χ2n) is 7.29. The van der Waals surface area contributed by atoms with Crippen LogP contribution in [0.1, 0.15) is 51.9 Å². The van der Waals surface area contributed by atoms with Crippen LogP contribution in [-0.2, 0) is 20.8 Å². The predicted molar refractivity (Wildman–Crippen MR) is 108 cm³/mol. The molecule has 2 aromatic rings. The van der Waals surface area contributed by atoms with Crippen LogP contribution in [0.15, 0.2) is 30.3 Å². The Morgan fingerprint density at radius 3 is 2.72 bits per heavy atom. The lowest BCUT2D eigenvalue weighted by Gasteiger charge is -2.14. The van der Waals surface area contributed by atoms with Crippen LogP contribution >= 0.6 is 0 Å². The zero-order chi connectivity index (χ0) is 21.0. The van der Waals surface area contributed by atoms with Crippen LogP contribution in [0.4, 0.5) is 5.69 Å². The van der Waals surface area contributed by atoms with E-state index in [1.165, 1.54) is 13.0 Å². The molecule has 1 saturated heterocycles. The van der Waals surface area contributed by atoms with Crippen molar-refractivity contribution < 1.29 is 23.9 Å². The molecule has 0 aliphatic carbocycles. The summed E-state index contributed by atoms with van der Waals surface area (Å²) < 4.78 is 13.0. The van der Waals surface area contributed by atoms with Crippen molar-refractivity contribution in [1.29, 1.82) is 0 Å². The Morgan fingerprint density at radius 2 is 2.03 bits per heavy atom. The van der Waals surface area contributed by atoms with E-state index in [9.17, 15) is 14.4 Å². The van der Waals surface area contributed by atoms with Crippen molar-refractivity contribution in [3.63, 3.8) is 0 Å². The van der Waals surface area contributed by atoms with E-state index in [-0.39, 0.29) is 30.0 Å². The number of ether oxygens (including phenoxy) is 2. The Morgan fingerprint density at radius 1 is 1.24 bits per heavy atom. The summed E-state index contributed by atoms with van der Waals surface area (Å²) in [5.41, 5.74) is 3.16. The molecule has 0 unspecified atom stereocenters. The molecule has 1 N–H and O–H groups in total. The van der Waals surface area contributed by atoms with Gasteiger partial charge >= 0.3 is 5.97 Å². The summed E-state index contributed by atoms with van der Waals surface area (Å²) in [6, 6.07) is 8.24. The van der Waals surface area contributed by atoms with E-state index < -0.39 is 5.97 Å². The minimum absolute atomic E-state index is 0.177. The highest BCUT2D eigenvalue weighted by Crippen LogP contribution is 2.21. The van der Waals surface area contributed by atoms with E-state index in [1.807, 2.05) is 19.9 Å². The lowest BCUT2D eigenvalue weighted by molar-refractivity contribution is -0.114. The standard InChI is InChI=1S/C22H26N2O5/c1-14-10-20(15(2)24(14)12-19-8-5-9-28-19)21(26)13-29-22(27)17-6-4-7-18(11-17)23-16(3)25/h4,6-7,10-11,19H,5,8-9,12-13H2,1-3H3,(H,23,25)/t19-/m1/s1. The third-order valence-corrected chi connectivity index (χ3v) is 5.04. The zero-order valence-electron chi connectivity index (χ0n) is 17.0. The summed E-state index contributed by atoms with van der Waals surface area (Å²) in [7, 11) is 0. The van der Waals surface area contributed by atoms with E-state index in [1.54, 1.807) is 18.2 Å². The number of esters is 1. The fourth-order valence-electron chi connectivity index (χ4n) is 3.58. The molecule has 0 bridgehead atoms. The van der Waals surface area contributed by atoms with Gasteiger partial charge in [-0.2, -0.15) is 0 Å². The number of nitrogens with zero attached hydrogens (tertiary/aromatic N) is 1. The van der Waals surface area contributed by atoms with Crippen LogP contribution < -0.4 is 5.32 Å². The van der Waals surface area contributed by atoms with Crippen LogP contribution in [0, 0.1) is 13.8 Å². The molecule has 1 atom stereocenters. The number of aromatic nitrogens is 1. The zero-order valence-corrected chi connectivity index (χ0v) is 17.0. The van der Waals surface area contributed by atoms with Gasteiger partial charge in [0.15, 0.2) is 6.61 Å². The van der Waals surface area contributed by atoms with E-state index in [4.69, 9.17) is 9.47 Å². The van der Waals surface area contributed by atoms with Crippen LogP contribution in [0.5, 0.6) is 0 Å². The lowest BCUT2D eigenvalue weighted by Crippen LogP contribution is -2.18. The van der Waals surface area contributed by atoms with Gasteiger partial charge in [0.1, 0.15) is 0 Å². The van der Waals surface area contributed by atoms with E-state index in [2.05, 4.69) is 9.88 Å². The Labute approximate surface area is 170 Å². The van der Waals surface area contributed by atoms with Gasteiger partial charge in [-0.05, 0) is 51.0 Å². The number of ketones is 1. The maximum atomic E-state index is 12.6. The Kier molecular flexibility index (Phi) is 6.49. The van der Waals surface area contributed by atoms with E-state index >= 15 is 0 Å². The molecule has 1 aromatic carbocycles. The molecule has 0 spiro atoms. The molecule has 154 valence electrons. The molecule has 29 heavy (non-hydrogen) atoms. The first-order valence-corrected chi connectivity index (χ1v) is 9.71. The van der Waals surface area contributed by atoms with Gasteiger partial charge in [0.25, 0.3) is 0 Å². The molecule has 0 radical (unpaired) electrons. The molecular weight excluding hydrogens is 372 g/mol. The molecule has 1 amide bonds. The molecule has 7 nitrogen and oxygen atoms in total. The van der Waals surface area contributed by atoms with Crippen molar-refractivity contribution in [3.8, 4) is 0 Å². The smallest absolute Gasteiger partial charge is 0.338 e. The topological polar surface area (TPSA) is 86.6 Å². The number of rotatable bonds is 7. The summed E-state index contributed by atoms with van der Waals surface area (Å²) in [4.78, 5) is 36.1. The number of carbonyl (C=O) groups excluding carboxylic acids is 3. The molecular formula is C22H26N2O5. The van der Waals surface area contributed by atoms with Gasteiger partial charge in [-0.1, -0.05) is 6.07 Å². The van der Waals surface area contributed by atoms with Gasteiger partial charge in [-0.25, -0.2) is 4.79 Å². The second kappa shape index (κ2) is 9.05. The van der Waals surface area contributed by atoms with Gasteiger partial charge in [0, 0.05) is 42.7 Å². The maximum Gasteiger partial charge on any atom is 0.338 e. The van der Waals surface area contributed by atoms with Crippen LogP contribution in [-0.4, -0.2) is 41.5 Å². The number of hydrogen-bond acceptors (Lipinski definition) is 5. The number of benzene rings is 1.